The molecule has 0 saturated carbocycles. The fourth-order valence-electron chi connectivity index (χ4n) is 2.98. The minimum absolute atomic E-state index is 0. The zero-order chi connectivity index (χ0) is 17.9. The fraction of sp³-hybridized carbons (Fsp3) is 0.0455. The van der Waals surface area contributed by atoms with Crippen LogP contribution < -0.4 is 21.8 Å². The summed E-state index contributed by atoms with van der Waals surface area (Å²) in [5.74, 6) is -0.236. The summed E-state index contributed by atoms with van der Waals surface area (Å²) in [6.45, 7) is 4.50. The van der Waals surface area contributed by atoms with Crippen LogP contribution in [0.4, 0.5) is 10.1 Å². The molecule has 3 aromatic carbocycles. The SMILES string of the molecule is C=CCn1c(-c2ccc(F)cc2)csc1=Nc1cccc2ccccc12.[Br-]. The van der Waals surface area contributed by atoms with Gasteiger partial charge in [-0.1, -0.05) is 42.5 Å². The van der Waals surface area contributed by atoms with Crippen molar-refractivity contribution >= 4 is 27.8 Å². The van der Waals surface area contributed by atoms with Crippen molar-refractivity contribution in [1.82, 2.24) is 4.57 Å². The van der Waals surface area contributed by atoms with Crippen molar-refractivity contribution in [2.45, 2.75) is 6.54 Å². The van der Waals surface area contributed by atoms with E-state index < -0.39 is 0 Å². The number of hydrogen-bond acceptors (Lipinski definition) is 2. The first kappa shape index (κ1) is 19.3. The van der Waals surface area contributed by atoms with Gasteiger partial charge < -0.3 is 21.5 Å². The lowest BCUT2D eigenvalue weighted by molar-refractivity contribution is -0.00000565. The Kier molecular flexibility index (Phi) is 6.04. The molecule has 0 amide bonds. The van der Waals surface area contributed by atoms with E-state index in [1.807, 2.05) is 30.3 Å². The first-order valence-electron chi connectivity index (χ1n) is 8.34. The minimum Gasteiger partial charge on any atom is -1.00 e. The second kappa shape index (κ2) is 8.46. The average Bonchev–Trinajstić information content (AvgIpc) is 3.06. The number of aromatic nitrogens is 1. The fourth-order valence-corrected chi connectivity index (χ4v) is 3.92. The molecular weight excluding hydrogens is 423 g/mol. The van der Waals surface area contributed by atoms with Gasteiger partial charge in [0.25, 0.3) is 0 Å². The van der Waals surface area contributed by atoms with Gasteiger partial charge in [0.1, 0.15) is 5.82 Å². The third-order valence-corrected chi connectivity index (χ3v) is 5.10. The normalized spacial score (nSPS) is 11.4. The molecule has 2 nitrogen and oxygen atoms in total. The lowest BCUT2D eigenvalue weighted by Crippen LogP contribution is -3.00. The smallest absolute Gasteiger partial charge is 0.190 e. The monoisotopic (exact) mass is 439 g/mol. The summed E-state index contributed by atoms with van der Waals surface area (Å²) in [5.41, 5.74) is 2.91. The van der Waals surface area contributed by atoms with E-state index in [0.717, 1.165) is 27.1 Å². The van der Waals surface area contributed by atoms with Crippen molar-refractivity contribution in [3.8, 4) is 11.3 Å². The maximum atomic E-state index is 13.3. The lowest BCUT2D eigenvalue weighted by atomic mass is 10.1. The molecule has 0 N–H and O–H groups in total. The number of nitrogens with zero attached hydrogens (tertiary/aromatic N) is 2. The highest BCUT2D eigenvalue weighted by Crippen LogP contribution is 2.26. The first-order valence-corrected chi connectivity index (χ1v) is 9.22. The maximum absolute atomic E-state index is 13.3. The van der Waals surface area contributed by atoms with Crippen molar-refractivity contribution in [3.63, 3.8) is 0 Å². The molecule has 0 saturated heterocycles. The summed E-state index contributed by atoms with van der Waals surface area (Å²) in [7, 11) is 0. The molecule has 0 unspecified atom stereocenters. The average molecular weight is 440 g/mol. The van der Waals surface area contributed by atoms with Crippen LogP contribution in [0.2, 0.25) is 0 Å². The zero-order valence-electron chi connectivity index (χ0n) is 14.5. The molecule has 1 heterocycles. The van der Waals surface area contributed by atoms with E-state index in [4.69, 9.17) is 4.99 Å². The standard InChI is InChI=1S/C22H17FN2S.BrH/c1-2-14-25-21(17-10-12-18(23)13-11-17)15-26-22(25)24-20-9-5-7-16-6-3-4-8-19(16)20;/h2-13,15H,1,14H2;1H/p-1. The van der Waals surface area contributed by atoms with E-state index in [1.54, 1.807) is 23.5 Å². The van der Waals surface area contributed by atoms with E-state index in [1.165, 1.54) is 17.5 Å². The number of fused-ring (bicyclic) bond motifs is 1. The molecule has 5 heteroatoms. The van der Waals surface area contributed by atoms with Crippen molar-refractivity contribution in [1.29, 1.82) is 0 Å². The summed E-state index contributed by atoms with van der Waals surface area (Å²) >= 11 is 1.57. The zero-order valence-corrected chi connectivity index (χ0v) is 16.9. The predicted octanol–water partition coefficient (Wildman–Crippen LogP) is 2.93. The second-order valence-electron chi connectivity index (χ2n) is 5.92. The molecule has 1 aromatic heterocycles. The Balaban J connectivity index is 0.00000210. The predicted molar refractivity (Wildman–Crippen MR) is 107 cm³/mol. The highest BCUT2D eigenvalue weighted by molar-refractivity contribution is 7.07. The highest BCUT2D eigenvalue weighted by Gasteiger charge is 2.08. The number of benzene rings is 3. The molecule has 0 aliphatic carbocycles. The van der Waals surface area contributed by atoms with Crippen LogP contribution in [0, 0.1) is 5.82 Å². The molecule has 0 radical (unpaired) electrons. The van der Waals surface area contributed by atoms with Gasteiger partial charge >= 0.3 is 0 Å². The van der Waals surface area contributed by atoms with Crippen molar-refractivity contribution in [2.24, 2.45) is 4.99 Å². The molecule has 27 heavy (non-hydrogen) atoms. The van der Waals surface area contributed by atoms with E-state index in [9.17, 15) is 4.39 Å². The van der Waals surface area contributed by atoms with Crippen molar-refractivity contribution in [3.05, 3.63) is 95.4 Å². The van der Waals surface area contributed by atoms with Crippen LogP contribution in [0.3, 0.4) is 0 Å². The van der Waals surface area contributed by atoms with E-state index in [2.05, 4.69) is 34.7 Å². The molecular formula is C22H17BrFN2S-. The summed E-state index contributed by atoms with van der Waals surface area (Å²) in [6, 6.07) is 20.9. The van der Waals surface area contributed by atoms with Crippen LogP contribution in [0.1, 0.15) is 0 Å². The summed E-state index contributed by atoms with van der Waals surface area (Å²) in [4.78, 5) is 5.80. The van der Waals surface area contributed by atoms with Crippen LogP contribution >= 0.6 is 11.3 Å². The van der Waals surface area contributed by atoms with Crippen LogP contribution in [-0.4, -0.2) is 4.57 Å². The molecule has 0 aliphatic rings. The largest absolute Gasteiger partial charge is 1.00 e. The maximum Gasteiger partial charge on any atom is 0.190 e. The second-order valence-corrected chi connectivity index (χ2v) is 6.76. The Morgan fingerprint density at radius 1 is 1.00 bits per heavy atom. The number of halogens is 2. The number of allylic oxidation sites excluding steroid dienone is 1. The van der Waals surface area contributed by atoms with E-state index in [0.29, 0.717) is 6.54 Å². The van der Waals surface area contributed by atoms with Gasteiger partial charge in [0.2, 0.25) is 0 Å². The Morgan fingerprint density at radius 2 is 1.74 bits per heavy atom. The first-order chi connectivity index (χ1) is 12.8. The van der Waals surface area contributed by atoms with Crippen LogP contribution in [0.15, 0.2) is 89.8 Å². The summed E-state index contributed by atoms with van der Waals surface area (Å²) in [6.07, 6.45) is 1.85. The highest BCUT2D eigenvalue weighted by atomic mass is 79.9. The van der Waals surface area contributed by atoms with Gasteiger partial charge in [-0.05, 0) is 41.3 Å². The van der Waals surface area contributed by atoms with Crippen molar-refractivity contribution < 1.29 is 21.4 Å². The van der Waals surface area contributed by atoms with Gasteiger partial charge in [-0.25, -0.2) is 9.38 Å². The van der Waals surface area contributed by atoms with Crippen molar-refractivity contribution in [2.75, 3.05) is 0 Å². The van der Waals surface area contributed by atoms with E-state index in [-0.39, 0.29) is 22.8 Å². The number of thiazole rings is 1. The molecule has 4 aromatic rings. The summed E-state index contributed by atoms with van der Waals surface area (Å²) in [5, 5.41) is 4.34. The van der Waals surface area contributed by atoms with Gasteiger partial charge in [0.15, 0.2) is 4.80 Å². The molecule has 0 fully saturated rings. The van der Waals surface area contributed by atoms with Crippen LogP contribution in [-0.2, 0) is 6.54 Å². The molecule has 0 atom stereocenters. The molecule has 136 valence electrons. The van der Waals surface area contributed by atoms with E-state index >= 15 is 0 Å². The number of rotatable bonds is 4. The van der Waals surface area contributed by atoms with Crippen LogP contribution in [0.25, 0.3) is 22.0 Å². The molecule has 0 spiro atoms. The Bertz CT molecular complexity index is 1140. The Morgan fingerprint density at radius 3 is 2.52 bits per heavy atom. The minimum atomic E-state index is -0.236. The topological polar surface area (TPSA) is 17.3 Å². The quantitative estimate of drug-likeness (QED) is 0.435. The molecule has 0 bridgehead atoms. The van der Waals surface area contributed by atoms with Crippen LogP contribution in [0.5, 0.6) is 0 Å². The molecule has 0 aliphatic heterocycles. The number of hydrogen-bond donors (Lipinski definition) is 0. The Labute approximate surface area is 171 Å². The lowest BCUT2D eigenvalue weighted by Gasteiger charge is -2.07. The van der Waals surface area contributed by atoms with Gasteiger partial charge in [0, 0.05) is 17.3 Å². The third-order valence-electron chi connectivity index (χ3n) is 4.23. The van der Waals surface area contributed by atoms with Gasteiger partial charge in [-0.3, -0.25) is 0 Å². The molecule has 4 rings (SSSR count). The Hall–Kier alpha value is -2.50. The summed E-state index contributed by atoms with van der Waals surface area (Å²) < 4.78 is 15.4. The van der Waals surface area contributed by atoms with Gasteiger partial charge in [-0.15, -0.1) is 17.9 Å². The van der Waals surface area contributed by atoms with Gasteiger partial charge in [0.05, 0.1) is 11.4 Å². The third kappa shape index (κ3) is 3.94. The van der Waals surface area contributed by atoms with Gasteiger partial charge in [-0.2, -0.15) is 0 Å².